The Balaban J connectivity index is 2.31. The summed E-state index contributed by atoms with van der Waals surface area (Å²) in [7, 11) is 0. The van der Waals surface area contributed by atoms with E-state index in [9.17, 15) is 4.79 Å². The second kappa shape index (κ2) is 5.40. The van der Waals surface area contributed by atoms with E-state index in [0.29, 0.717) is 17.4 Å². The lowest BCUT2D eigenvalue weighted by molar-refractivity contribution is 0.0688. The predicted octanol–water partition coefficient (Wildman–Crippen LogP) is 1.65. The molecule has 8 heteroatoms. The number of carbonyl (C=O) groups is 1. The second-order valence-electron chi connectivity index (χ2n) is 5.14. The van der Waals surface area contributed by atoms with Gasteiger partial charge in [0, 0.05) is 5.92 Å². The van der Waals surface area contributed by atoms with Gasteiger partial charge in [-0.25, -0.2) is 9.48 Å². The number of carboxylic acids is 1. The smallest absolute Gasteiger partial charge is 0.358 e. The van der Waals surface area contributed by atoms with Crippen LogP contribution in [0.2, 0.25) is 0 Å². The van der Waals surface area contributed by atoms with Crippen LogP contribution in [0.25, 0.3) is 0 Å². The van der Waals surface area contributed by atoms with E-state index in [1.807, 2.05) is 27.7 Å². The van der Waals surface area contributed by atoms with Gasteiger partial charge in [0.05, 0.1) is 5.69 Å². The summed E-state index contributed by atoms with van der Waals surface area (Å²) in [5, 5.41) is 20.5. The van der Waals surface area contributed by atoms with Crippen LogP contribution in [0.5, 0.6) is 0 Å². The van der Waals surface area contributed by atoms with Crippen LogP contribution in [0.3, 0.4) is 0 Å². The molecule has 0 fully saturated rings. The van der Waals surface area contributed by atoms with E-state index in [1.165, 1.54) is 4.68 Å². The third-order valence-corrected chi connectivity index (χ3v) is 2.81. The van der Waals surface area contributed by atoms with Crippen molar-refractivity contribution in [3.05, 3.63) is 23.1 Å². The third kappa shape index (κ3) is 2.68. The van der Waals surface area contributed by atoms with E-state index in [4.69, 9.17) is 9.63 Å². The van der Waals surface area contributed by atoms with Gasteiger partial charge in [0.15, 0.2) is 11.5 Å². The zero-order chi connectivity index (χ0) is 14.9. The molecule has 0 bridgehead atoms. The average molecular weight is 279 g/mol. The Hall–Kier alpha value is -2.25. The molecule has 2 heterocycles. The van der Waals surface area contributed by atoms with E-state index in [-0.39, 0.29) is 24.1 Å². The second-order valence-corrected chi connectivity index (χ2v) is 5.14. The maximum absolute atomic E-state index is 11.1. The van der Waals surface area contributed by atoms with E-state index >= 15 is 0 Å². The Morgan fingerprint density at radius 2 is 2.00 bits per heavy atom. The normalized spacial score (nSPS) is 11.5. The molecule has 0 amide bonds. The van der Waals surface area contributed by atoms with Gasteiger partial charge < -0.3 is 9.63 Å². The fourth-order valence-electron chi connectivity index (χ4n) is 1.86. The molecule has 0 radical (unpaired) electrons. The minimum atomic E-state index is -1.09. The Morgan fingerprint density at radius 3 is 2.50 bits per heavy atom. The van der Waals surface area contributed by atoms with Crippen LogP contribution < -0.4 is 0 Å². The lowest BCUT2D eigenvalue weighted by Crippen LogP contribution is -2.11. The van der Waals surface area contributed by atoms with Crippen LogP contribution in [-0.4, -0.2) is 36.2 Å². The summed E-state index contributed by atoms with van der Waals surface area (Å²) in [6, 6.07) is 0. The minimum absolute atomic E-state index is 0.0245. The molecule has 8 nitrogen and oxygen atoms in total. The van der Waals surface area contributed by atoms with Crippen molar-refractivity contribution in [1.82, 2.24) is 25.1 Å². The summed E-state index contributed by atoms with van der Waals surface area (Å²) < 4.78 is 6.63. The van der Waals surface area contributed by atoms with E-state index < -0.39 is 5.97 Å². The number of rotatable bonds is 5. The molecule has 0 aromatic carbocycles. The Morgan fingerprint density at radius 1 is 1.30 bits per heavy atom. The Bertz CT molecular complexity index is 614. The molecule has 0 aliphatic heterocycles. The first-order chi connectivity index (χ1) is 9.40. The molecule has 1 N–H and O–H groups in total. The first-order valence-corrected chi connectivity index (χ1v) is 6.39. The van der Waals surface area contributed by atoms with Gasteiger partial charge in [-0.2, -0.15) is 4.98 Å². The maximum atomic E-state index is 11.1. The predicted molar refractivity (Wildman–Crippen MR) is 68.6 cm³/mol. The van der Waals surface area contributed by atoms with Crippen molar-refractivity contribution in [2.45, 2.75) is 46.1 Å². The van der Waals surface area contributed by atoms with Gasteiger partial charge in [0.25, 0.3) is 0 Å². The minimum Gasteiger partial charge on any atom is -0.476 e. The molecule has 0 aliphatic rings. The number of hydrogen-bond donors (Lipinski definition) is 1. The topological polar surface area (TPSA) is 107 Å². The Labute approximate surface area is 115 Å². The van der Waals surface area contributed by atoms with Gasteiger partial charge in [-0.05, 0) is 5.92 Å². The number of aromatic carboxylic acids is 1. The van der Waals surface area contributed by atoms with Gasteiger partial charge in [-0.3, -0.25) is 0 Å². The number of hydrogen-bond acceptors (Lipinski definition) is 6. The molecular weight excluding hydrogens is 262 g/mol. The van der Waals surface area contributed by atoms with Crippen molar-refractivity contribution in [2.75, 3.05) is 0 Å². The highest BCUT2D eigenvalue weighted by Crippen LogP contribution is 2.19. The number of aromatic nitrogens is 5. The monoisotopic (exact) mass is 279 g/mol. The SMILES string of the molecule is CC(C)c1noc(Cn2nnc(C(=O)O)c2C(C)C)n1. The van der Waals surface area contributed by atoms with Crippen LogP contribution in [0.1, 0.15) is 67.4 Å². The molecule has 0 saturated carbocycles. The van der Waals surface area contributed by atoms with Crippen molar-refractivity contribution in [1.29, 1.82) is 0 Å². The summed E-state index contributed by atoms with van der Waals surface area (Å²) in [4.78, 5) is 15.4. The van der Waals surface area contributed by atoms with Crippen molar-refractivity contribution in [3.63, 3.8) is 0 Å². The van der Waals surface area contributed by atoms with Gasteiger partial charge in [0.1, 0.15) is 6.54 Å². The fraction of sp³-hybridized carbons (Fsp3) is 0.583. The standard InChI is InChI=1S/C12H17N5O3/c1-6(2)10-9(12(18)19)14-16-17(10)5-8-13-11(7(3)4)15-20-8/h6-7H,5H2,1-4H3,(H,18,19). The van der Waals surface area contributed by atoms with Crippen LogP contribution in [-0.2, 0) is 6.54 Å². The first-order valence-electron chi connectivity index (χ1n) is 6.39. The molecule has 20 heavy (non-hydrogen) atoms. The third-order valence-electron chi connectivity index (χ3n) is 2.81. The van der Waals surface area contributed by atoms with E-state index in [1.54, 1.807) is 0 Å². The van der Waals surface area contributed by atoms with Crippen molar-refractivity contribution in [2.24, 2.45) is 0 Å². The highest BCUT2D eigenvalue weighted by Gasteiger charge is 2.22. The van der Waals surface area contributed by atoms with E-state index in [2.05, 4.69) is 20.5 Å². The van der Waals surface area contributed by atoms with Crippen LogP contribution in [0.4, 0.5) is 0 Å². The lowest BCUT2D eigenvalue weighted by atomic mass is 10.1. The molecule has 0 atom stereocenters. The molecular formula is C12H17N5O3. The van der Waals surface area contributed by atoms with Gasteiger partial charge in [-0.15, -0.1) is 5.10 Å². The van der Waals surface area contributed by atoms with Crippen LogP contribution in [0, 0.1) is 0 Å². The first kappa shape index (κ1) is 14.2. The molecule has 2 rings (SSSR count). The molecule has 0 spiro atoms. The maximum Gasteiger partial charge on any atom is 0.358 e. The van der Waals surface area contributed by atoms with E-state index in [0.717, 1.165) is 0 Å². The van der Waals surface area contributed by atoms with Crippen LogP contribution >= 0.6 is 0 Å². The molecule has 0 unspecified atom stereocenters. The summed E-state index contributed by atoms with van der Waals surface area (Å²) in [5.74, 6) is 0.0569. The summed E-state index contributed by atoms with van der Waals surface area (Å²) in [5.41, 5.74) is 0.505. The fourth-order valence-corrected chi connectivity index (χ4v) is 1.86. The highest BCUT2D eigenvalue weighted by atomic mass is 16.5. The zero-order valence-corrected chi connectivity index (χ0v) is 11.9. The largest absolute Gasteiger partial charge is 0.476 e. The van der Waals surface area contributed by atoms with Crippen LogP contribution in [0.15, 0.2) is 4.52 Å². The van der Waals surface area contributed by atoms with Crippen molar-refractivity contribution < 1.29 is 14.4 Å². The van der Waals surface area contributed by atoms with Crippen molar-refractivity contribution >= 4 is 5.97 Å². The van der Waals surface area contributed by atoms with Crippen molar-refractivity contribution in [3.8, 4) is 0 Å². The summed E-state index contributed by atoms with van der Waals surface area (Å²) in [6.45, 7) is 7.91. The Kier molecular flexibility index (Phi) is 3.82. The number of nitrogens with zero attached hydrogens (tertiary/aromatic N) is 5. The molecule has 108 valence electrons. The lowest BCUT2D eigenvalue weighted by Gasteiger charge is -2.07. The molecule has 0 aliphatic carbocycles. The van der Waals surface area contributed by atoms with Gasteiger partial charge in [-0.1, -0.05) is 38.1 Å². The molecule has 2 aromatic rings. The average Bonchev–Trinajstić information content (AvgIpc) is 2.95. The quantitative estimate of drug-likeness (QED) is 0.886. The van der Waals surface area contributed by atoms with Gasteiger partial charge >= 0.3 is 5.97 Å². The highest BCUT2D eigenvalue weighted by molar-refractivity contribution is 5.86. The van der Waals surface area contributed by atoms with Gasteiger partial charge in [0.2, 0.25) is 5.89 Å². The summed E-state index contributed by atoms with van der Waals surface area (Å²) >= 11 is 0. The molecule has 0 saturated heterocycles. The zero-order valence-electron chi connectivity index (χ0n) is 11.9. The summed E-state index contributed by atoms with van der Waals surface area (Å²) in [6.07, 6.45) is 0. The number of carboxylic acid groups (broad SMARTS) is 1. The molecule has 2 aromatic heterocycles.